The Hall–Kier alpha value is -1.82. The van der Waals surface area contributed by atoms with Crippen molar-refractivity contribution >= 4 is 11.1 Å². The number of benzene rings is 1. The van der Waals surface area contributed by atoms with Crippen LogP contribution in [-0.4, -0.2) is 4.98 Å². The molecule has 1 aromatic heterocycles. The molecule has 0 radical (unpaired) electrons. The van der Waals surface area contributed by atoms with E-state index in [1.807, 2.05) is 19.9 Å². The minimum absolute atomic E-state index is 0.271. The van der Waals surface area contributed by atoms with Crippen molar-refractivity contribution in [3.05, 3.63) is 29.7 Å². The number of oxazole rings is 1. The van der Waals surface area contributed by atoms with Crippen LogP contribution >= 0.6 is 0 Å². The van der Waals surface area contributed by atoms with Crippen LogP contribution in [0.4, 0.5) is 0 Å². The van der Waals surface area contributed by atoms with Crippen LogP contribution in [-0.2, 0) is 0 Å². The molecule has 0 saturated carbocycles. The maximum absolute atomic E-state index is 8.70. The van der Waals surface area contributed by atoms with Crippen molar-refractivity contribution in [2.45, 2.75) is 19.8 Å². The molecule has 0 unspecified atom stereocenters. The van der Waals surface area contributed by atoms with Crippen LogP contribution in [0.25, 0.3) is 11.1 Å². The van der Waals surface area contributed by atoms with Crippen LogP contribution in [0.3, 0.4) is 0 Å². The van der Waals surface area contributed by atoms with E-state index < -0.39 is 0 Å². The maximum Gasteiger partial charge on any atom is 0.198 e. The lowest BCUT2D eigenvalue weighted by molar-refractivity contribution is 0.501. The van der Waals surface area contributed by atoms with Crippen molar-refractivity contribution in [1.29, 1.82) is 5.26 Å². The van der Waals surface area contributed by atoms with Gasteiger partial charge in [-0.3, -0.25) is 0 Å². The topological polar surface area (TPSA) is 49.8 Å². The number of fused-ring (bicyclic) bond motifs is 1. The third-order valence-electron chi connectivity index (χ3n) is 2.03. The van der Waals surface area contributed by atoms with Gasteiger partial charge in [-0.2, -0.15) is 5.26 Å². The maximum atomic E-state index is 8.70. The van der Waals surface area contributed by atoms with E-state index in [0.717, 1.165) is 11.4 Å². The molecule has 14 heavy (non-hydrogen) atoms. The Morgan fingerprint density at radius 1 is 1.43 bits per heavy atom. The Bertz CT molecular complexity index is 505. The van der Waals surface area contributed by atoms with Gasteiger partial charge in [0.15, 0.2) is 11.5 Å². The quantitative estimate of drug-likeness (QED) is 0.688. The number of nitrogens with zero attached hydrogens (tertiary/aromatic N) is 2. The molecule has 1 aromatic carbocycles. The molecule has 0 aliphatic carbocycles. The molecule has 70 valence electrons. The highest BCUT2D eigenvalue weighted by molar-refractivity contribution is 5.74. The third kappa shape index (κ3) is 1.35. The fourth-order valence-electron chi connectivity index (χ4n) is 1.26. The summed E-state index contributed by atoms with van der Waals surface area (Å²) < 4.78 is 5.51. The summed E-state index contributed by atoms with van der Waals surface area (Å²) in [5, 5.41) is 8.70. The molecule has 0 aliphatic heterocycles. The number of hydrogen-bond donors (Lipinski definition) is 0. The average molecular weight is 186 g/mol. The van der Waals surface area contributed by atoms with Crippen molar-refractivity contribution in [1.82, 2.24) is 4.98 Å². The second-order valence-electron chi connectivity index (χ2n) is 3.50. The molecule has 0 aliphatic rings. The zero-order chi connectivity index (χ0) is 10.1. The van der Waals surface area contributed by atoms with Gasteiger partial charge in [-0.1, -0.05) is 13.8 Å². The highest BCUT2D eigenvalue weighted by Crippen LogP contribution is 2.21. The summed E-state index contributed by atoms with van der Waals surface area (Å²) in [6.07, 6.45) is 0. The van der Waals surface area contributed by atoms with Gasteiger partial charge in [0, 0.05) is 12.0 Å². The van der Waals surface area contributed by atoms with Crippen LogP contribution in [0.15, 0.2) is 22.6 Å². The Balaban J connectivity index is 2.61. The monoisotopic (exact) mass is 186 g/mol. The predicted molar refractivity (Wildman–Crippen MR) is 52.8 cm³/mol. The van der Waals surface area contributed by atoms with E-state index in [1.165, 1.54) is 0 Å². The van der Waals surface area contributed by atoms with Crippen molar-refractivity contribution in [3.8, 4) is 6.07 Å². The van der Waals surface area contributed by atoms with Gasteiger partial charge in [0.05, 0.1) is 11.6 Å². The first kappa shape index (κ1) is 8.76. The van der Waals surface area contributed by atoms with Crippen LogP contribution < -0.4 is 0 Å². The van der Waals surface area contributed by atoms with E-state index in [-0.39, 0.29) is 5.92 Å². The molecule has 0 bridgehead atoms. The Morgan fingerprint density at radius 3 is 2.86 bits per heavy atom. The smallest absolute Gasteiger partial charge is 0.198 e. The SMILES string of the molecule is CC(C)c1nc2ccc(C#N)cc2o1. The molecule has 0 spiro atoms. The summed E-state index contributed by atoms with van der Waals surface area (Å²) in [5.74, 6) is 0.989. The van der Waals surface area contributed by atoms with E-state index in [1.54, 1.807) is 12.1 Å². The van der Waals surface area contributed by atoms with Gasteiger partial charge in [-0.25, -0.2) is 4.98 Å². The van der Waals surface area contributed by atoms with Crippen LogP contribution in [0.1, 0.15) is 31.2 Å². The standard InChI is InChI=1S/C11H10N2O/c1-7(2)11-13-9-4-3-8(6-12)5-10(9)14-11/h3-5,7H,1-2H3. The highest BCUT2D eigenvalue weighted by Gasteiger charge is 2.09. The largest absolute Gasteiger partial charge is 0.440 e. The fourth-order valence-corrected chi connectivity index (χ4v) is 1.26. The van der Waals surface area contributed by atoms with Crippen LogP contribution in [0, 0.1) is 11.3 Å². The van der Waals surface area contributed by atoms with E-state index >= 15 is 0 Å². The van der Waals surface area contributed by atoms with Crippen molar-refractivity contribution in [2.75, 3.05) is 0 Å². The van der Waals surface area contributed by atoms with Gasteiger partial charge in [0.1, 0.15) is 5.52 Å². The molecule has 1 heterocycles. The first-order chi connectivity index (χ1) is 6.70. The number of hydrogen-bond acceptors (Lipinski definition) is 3. The summed E-state index contributed by atoms with van der Waals surface area (Å²) >= 11 is 0. The Kier molecular flexibility index (Phi) is 1.97. The number of nitriles is 1. The van der Waals surface area contributed by atoms with Crippen LogP contribution in [0.2, 0.25) is 0 Å². The van der Waals surface area contributed by atoms with E-state index in [2.05, 4.69) is 11.1 Å². The molecule has 0 N–H and O–H groups in total. The van der Waals surface area contributed by atoms with Gasteiger partial charge >= 0.3 is 0 Å². The van der Waals surface area contributed by atoms with Crippen molar-refractivity contribution < 1.29 is 4.42 Å². The molecule has 2 aromatic rings. The second kappa shape index (κ2) is 3.15. The van der Waals surface area contributed by atoms with E-state index in [4.69, 9.17) is 9.68 Å². The lowest BCUT2D eigenvalue weighted by Crippen LogP contribution is -1.84. The minimum atomic E-state index is 0.271. The molecular weight excluding hydrogens is 176 g/mol. The van der Waals surface area contributed by atoms with Crippen molar-refractivity contribution in [3.63, 3.8) is 0 Å². The summed E-state index contributed by atoms with van der Waals surface area (Å²) in [6, 6.07) is 7.34. The van der Waals surface area contributed by atoms with Gasteiger partial charge in [-0.15, -0.1) is 0 Å². The van der Waals surface area contributed by atoms with Crippen molar-refractivity contribution in [2.24, 2.45) is 0 Å². The molecule has 0 fully saturated rings. The lowest BCUT2D eigenvalue weighted by atomic mass is 10.2. The fraction of sp³-hybridized carbons (Fsp3) is 0.273. The second-order valence-corrected chi connectivity index (χ2v) is 3.50. The molecule has 0 amide bonds. The van der Waals surface area contributed by atoms with Gasteiger partial charge in [-0.05, 0) is 12.1 Å². The van der Waals surface area contributed by atoms with Gasteiger partial charge < -0.3 is 4.42 Å². The lowest BCUT2D eigenvalue weighted by Gasteiger charge is -1.93. The molecule has 3 nitrogen and oxygen atoms in total. The van der Waals surface area contributed by atoms with E-state index in [9.17, 15) is 0 Å². The summed E-state index contributed by atoms with van der Waals surface area (Å²) in [7, 11) is 0. The van der Waals surface area contributed by atoms with Crippen LogP contribution in [0.5, 0.6) is 0 Å². The minimum Gasteiger partial charge on any atom is -0.440 e. The molecule has 3 heteroatoms. The summed E-state index contributed by atoms with van der Waals surface area (Å²) in [4.78, 5) is 4.31. The summed E-state index contributed by atoms with van der Waals surface area (Å²) in [6.45, 7) is 4.05. The molecule has 2 rings (SSSR count). The zero-order valence-electron chi connectivity index (χ0n) is 8.11. The first-order valence-corrected chi connectivity index (χ1v) is 4.51. The first-order valence-electron chi connectivity index (χ1n) is 4.51. The molecule has 0 saturated heterocycles. The number of aromatic nitrogens is 1. The summed E-state index contributed by atoms with van der Waals surface area (Å²) in [5.41, 5.74) is 2.10. The van der Waals surface area contributed by atoms with Gasteiger partial charge in [0.2, 0.25) is 0 Å². The average Bonchev–Trinajstić information content (AvgIpc) is 2.59. The highest BCUT2D eigenvalue weighted by atomic mass is 16.3. The predicted octanol–water partition coefficient (Wildman–Crippen LogP) is 2.82. The normalized spacial score (nSPS) is 10.7. The molecular formula is C11H10N2O. The van der Waals surface area contributed by atoms with Gasteiger partial charge in [0.25, 0.3) is 0 Å². The number of rotatable bonds is 1. The third-order valence-corrected chi connectivity index (χ3v) is 2.03. The molecule has 0 atom stereocenters. The zero-order valence-corrected chi connectivity index (χ0v) is 8.11. The Labute approximate surface area is 82.0 Å². The Morgan fingerprint density at radius 2 is 2.21 bits per heavy atom. The van der Waals surface area contributed by atoms with E-state index in [0.29, 0.717) is 11.1 Å².